The molecule has 1 aromatic carbocycles. The first kappa shape index (κ1) is 20.5. The van der Waals surface area contributed by atoms with Crippen LogP contribution in [0.2, 0.25) is 0 Å². The average molecular weight is 370 g/mol. The normalized spacial score (nSPS) is 16.9. The van der Waals surface area contributed by atoms with Crippen molar-refractivity contribution in [2.24, 2.45) is 0 Å². The summed E-state index contributed by atoms with van der Waals surface area (Å²) in [7, 11) is 0. The first-order valence-corrected chi connectivity index (χ1v) is 9.06. The maximum absolute atomic E-state index is 12.4. The maximum atomic E-state index is 12.4. The summed E-state index contributed by atoms with van der Waals surface area (Å²) < 4.78 is 11.0. The summed E-state index contributed by atoms with van der Waals surface area (Å²) in [5.41, 5.74) is 0.944. The summed E-state index contributed by atoms with van der Waals surface area (Å²) in [4.78, 5) is 24.8. The molecule has 1 heterocycles. The lowest BCUT2D eigenvalue weighted by Crippen LogP contribution is -2.46. The Bertz CT molecular complexity index is 725. The highest BCUT2D eigenvalue weighted by atomic mass is 16.5. The molecule has 1 atom stereocenters. The molecule has 2 N–H and O–H groups in total. The second-order valence-electron chi connectivity index (χ2n) is 6.01. The predicted molar refractivity (Wildman–Crippen MR) is 106 cm³/mol. The van der Waals surface area contributed by atoms with Crippen LogP contribution in [0.4, 0.5) is 5.69 Å². The first-order chi connectivity index (χ1) is 13.2. The monoisotopic (exact) mass is 370 g/mol. The molecule has 0 fully saturated rings. The average Bonchev–Trinajstić information content (AvgIpc) is 2.83. The topological polar surface area (TPSA) is 76.7 Å². The van der Waals surface area contributed by atoms with Crippen molar-refractivity contribution in [3.8, 4) is 5.75 Å². The van der Waals surface area contributed by atoms with Gasteiger partial charge in [0.25, 0.3) is 11.8 Å². The number of hydrogen-bond donors (Lipinski definition) is 2. The minimum Gasteiger partial charge on any atom is -0.489 e. The fourth-order valence-electron chi connectivity index (χ4n) is 2.37. The van der Waals surface area contributed by atoms with Gasteiger partial charge in [-0.1, -0.05) is 50.3 Å². The lowest BCUT2D eigenvalue weighted by atomic mass is 10.2. The van der Waals surface area contributed by atoms with E-state index in [-0.39, 0.29) is 12.5 Å². The van der Waals surface area contributed by atoms with Crippen LogP contribution in [0, 0.1) is 0 Å². The van der Waals surface area contributed by atoms with Gasteiger partial charge < -0.3 is 20.1 Å². The lowest BCUT2D eigenvalue weighted by molar-refractivity contribution is -0.124. The van der Waals surface area contributed by atoms with E-state index >= 15 is 0 Å². The van der Waals surface area contributed by atoms with Crippen molar-refractivity contribution >= 4 is 17.5 Å². The van der Waals surface area contributed by atoms with Gasteiger partial charge >= 0.3 is 0 Å². The number of anilines is 1. The van der Waals surface area contributed by atoms with Crippen molar-refractivity contribution in [1.82, 2.24) is 5.32 Å². The minimum absolute atomic E-state index is 0.0557. The van der Waals surface area contributed by atoms with Crippen LogP contribution >= 0.6 is 0 Å². The third kappa shape index (κ3) is 6.42. The molecule has 6 nitrogen and oxygen atoms in total. The number of ether oxygens (including phenoxy) is 2. The molecule has 0 saturated carbocycles. The van der Waals surface area contributed by atoms with Gasteiger partial charge in [-0.2, -0.15) is 0 Å². The fraction of sp³-hybridized carbons (Fsp3) is 0.333. The summed E-state index contributed by atoms with van der Waals surface area (Å²) in [5.74, 6) is -0.138. The van der Waals surface area contributed by atoms with Gasteiger partial charge in [-0.25, -0.2) is 0 Å². The molecule has 2 rings (SSSR count). The predicted octanol–water partition coefficient (Wildman–Crippen LogP) is 2.99. The standard InChI is InChI=1S/C21H26N2O4/c1-3-5-13-26-14-9-8-10-16(4-2)20(24)23-18-15-27-19-12-7-6-11-17(19)22-21(18)25/h4,6-12,18H,2-3,5,13-15H2,1H3,(H,22,25)(H,23,24)/b9-8-,16-10+/t18-/m0/s1. The van der Waals surface area contributed by atoms with Crippen LogP contribution < -0.4 is 15.4 Å². The van der Waals surface area contributed by atoms with E-state index in [1.807, 2.05) is 12.1 Å². The van der Waals surface area contributed by atoms with Crippen molar-refractivity contribution < 1.29 is 19.1 Å². The van der Waals surface area contributed by atoms with Crippen LogP contribution in [0.1, 0.15) is 19.8 Å². The molecule has 27 heavy (non-hydrogen) atoms. The quantitative estimate of drug-likeness (QED) is 0.398. The number of carbonyl (C=O) groups excluding carboxylic acids is 2. The molecule has 1 aromatic rings. The second kappa shape index (κ2) is 11.0. The molecule has 0 unspecified atom stereocenters. The van der Waals surface area contributed by atoms with E-state index in [1.54, 1.807) is 30.4 Å². The molecule has 6 heteroatoms. The molecule has 1 aliphatic heterocycles. The Morgan fingerprint density at radius 1 is 1.44 bits per heavy atom. The molecule has 2 amide bonds. The van der Waals surface area contributed by atoms with Gasteiger partial charge in [0.1, 0.15) is 18.4 Å². The highest BCUT2D eigenvalue weighted by molar-refractivity contribution is 6.03. The van der Waals surface area contributed by atoms with Crippen LogP contribution in [0.25, 0.3) is 0 Å². The number of rotatable bonds is 9. The molecular formula is C21H26N2O4. The molecule has 0 aromatic heterocycles. The molecule has 0 radical (unpaired) electrons. The Morgan fingerprint density at radius 2 is 2.26 bits per heavy atom. The number of carbonyl (C=O) groups is 2. The number of nitrogens with one attached hydrogen (secondary N) is 2. The van der Waals surface area contributed by atoms with E-state index < -0.39 is 11.9 Å². The zero-order valence-corrected chi connectivity index (χ0v) is 15.6. The summed E-state index contributed by atoms with van der Waals surface area (Å²) in [5, 5.41) is 5.44. The van der Waals surface area contributed by atoms with Crippen molar-refractivity contribution in [2.75, 3.05) is 25.1 Å². The second-order valence-corrected chi connectivity index (χ2v) is 6.01. The Hall–Kier alpha value is -2.86. The van der Waals surface area contributed by atoms with Crippen LogP contribution in [0.15, 0.2) is 60.7 Å². The SMILES string of the molecule is C=C/C(=C\C=C/COCCCC)C(=O)N[C@H]1COc2ccccc2NC1=O. The van der Waals surface area contributed by atoms with Crippen LogP contribution in [-0.2, 0) is 14.3 Å². The van der Waals surface area contributed by atoms with Gasteiger partial charge in [-0.05, 0) is 24.6 Å². The van der Waals surface area contributed by atoms with Crippen molar-refractivity contribution in [2.45, 2.75) is 25.8 Å². The molecule has 0 aliphatic carbocycles. The van der Waals surface area contributed by atoms with Gasteiger partial charge in [-0.15, -0.1) is 0 Å². The van der Waals surface area contributed by atoms with Crippen molar-refractivity contribution in [3.63, 3.8) is 0 Å². The number of amides is 2. The highest BCUT2D eigenvalue weighted by Crippen LogP contribution is 2.26. The fourth-order valence-corrected chi connectivity index (χ4v) is 2.37. The van der Waals surface area contributed by atoms with Gasteiger partial charge in [0.05, 0.1) is 12.3 Å². The molecule has 144 valence electrons. The third-order valence-electron chi connectivity index (χ3n) is 3.92. The van der Waals surface area contributed by atoms with Crippen molar-refractivity contribution in [3.05, 3.63) is 60.7 Å². The van der Waals surface area contributed by atoms with Crippen molar-refractivity contribution in [1.29, 1.82) is 0 Å². The van der Waals surface area contributed by atoms with E-state index in [0.717, 1.165) is 19.4 Å². The Morgan fingerprint density at radius 3 is 3.04 bits per heavy atom. The number of benzene rings is 1. The van der Waals surface area contributed by atoms with Gasteiger partial charge in [0.15, 0.2) is 0 Å². The molecule has 0 saturated heterocycles. The Labute approximate surface area is 159 Å². The minimum atomic E-state index is -0.797. The van der Waals surface area contributed by atoms with E-state index in [1.165, 1.54) is 6.08 Å². The smallest absolute Gasteiger partial charge is 0.252 e. The number of fused-ring (bicyclic) bond motifs is 1. The van der Waals surface area contributed by atoms with Crippen LogP contribution in [0.3, 0.4) is 0 Å². The maximum Gasteiger partial charge on any atom is 0.252 e. The van der Waals surface area contributed by atoms with E-state index in [0.29, 0.717) is 23.6 Å². The van der Waals surface area contributed by atoms with Gasteiger partial charge in [-0.3, -0.25) is 9.59 Å². The zero-order valence-electron chi connectivity index (χ0n) is 15.6. The Kier molecular flexibility index (Phi) is 8.32. The highest BCUT2D eigenvalue weighted by Gasteiger charge is 2.26. The van der Waals surface area contributed by atoms with Crippen LogP contribution in [-0.4, -0.2) is 37.7 Å². The van der Waals surface area contributed by atoms with Crippen LogP contribution in [0.5, 0.6) is 5.75 Å². The number of hydrogen-bond acceptors (Lipinski definition) is 4. The summed E-state index contributed by atoms with van der Waals surface area (Å²) in [6, 6.07) is 6.34. The largest absolute Gasteiger partial charge is 0.489 e. The summed E-state index contributed by atoms with van der Waals surface area (Å²) in [6.45, 7) is 7.03. The lowest BCUT2D eigenvalue weighted by Gasteiger charge is -2.15. The number of unbranched alkanes of at least 4 members (excludes halogenated alkanes) is 1. The van der Waals surface area contributed by atoms with Gasteiger partial charge in [0.2, 0.25) is 0 Å². The third-order valence-corrected chi connectivity index (χ3v) is 3.92. The van der Waals surface area contributed by atoms with Gasteiger partial charge in [0, 0.05) is 12.2 Å². The number of para-hydroxylation sites is 2. The molecule has 1 aliphatic rings. The first-order valence-electron chi connectivity index (χ1n) is 9.06. The summed E-state index contributed by atoms with van der Waals surface area (Å²) in [6.07, 6.45) is 8.76. The Balaban J connectivity index is 1.90. The molecule has 0 bridgehead atoms. The van der Waals surface area contributed by atoms with E-state index in [9.17, 15) is 9.59 Å². The van der Waals surface area contributed by atoms with E-state index in [2.05, 4.69) is 24.1 Å². The molecule has 0 spiro atoms. The number of allylic oxidation sites excluding steroid dienone is 2. The molecular weight excluding hydrogens is 344 g/mol. The zero-order chi connectivity index (χ0) is 19.5. The van der Waals surface area contributed by atoms with E-state index in [4.69, 9.17) is 9.47 Å². The summed E-state index contributed by atoms with van der Waals surface area (Å²) >= 11 is 0.